The zero-order valence-corrected chi connectivity index (χ0v) is 11.0. The van der Waals surface area contributed by atoms with Gasteiger partial charge in [-0.1, -0.05) is 0 Å². The highest BCUT2D eigenvalue weighted by atomic mass is 16.5. The van der Waals surface area contributed by atoms with Crippen LogP contribution < -0.4 is 4.90 Å². The minimum atomic E-state index is 0.579. The summed E-state index contributed by atoms with van der Waals surface area (Å²) in [4.78, 5) is 8.94. The topological polar surface area (TPSA) is 52.4 Å². The van der Waals surface area contributed by atoms with E-state index in [2.05, 4.69) is 20.9 Å². The average Bonchev–Trinajstić information content (AvgIpc) is 2.98. The number of aromatic nitrogens is 1. The molecule has 3 heterocycles. The van der Waals surface area contributed by atoms with Gasteiger partial charge in [0, 0.05) is 38.4 Å². The van der Waals surface area contributed by atoms with Crippen molar-refractivity contribution >= 4 is 5.69 Å². The van der Waals surface area contributed by atoms with Gasteiger partial charge < -0.3 is 9.64 Å². The Kier molecular flexibility index (Phi) is 3.62. The molecular weight excluding hydrogens is 240 g/mol. The molecule has 1 atom stereocenters. The second-order valence-electron chi connectivity index (χ2n) is 5.04. The molecule has 1 aromatic rings. The lowest BCUT2D eigenvalue weighted by Crippen LogP contribution is -2.44. The summed E-state index contributed by atoms with van der Waals surface area (Å²) in [6.07, 6.45) is 4.64. The highest BCUT2D eigenvalue weighted by Gasteiger charge is 2.29. The maximum absolute atomic E-state index is 9.16. The van der Waals surface area contributed by atoms with E-state index in [-0.39, 0.29) is 0 Å². The fourth-order valence-corrected chi connectivity index (χ4v) is 2.93. The Hall–Kier alpha value is -1.64. The molecule has 0 unspecified atom stereocenters. The zero-order chi connectivity index (χ0) is 13.1. The molecule has 0 bridgehead atoms. The predicted octanol–water partition coefficient (Wildman–Crippen LogP) is 0.864. The molecule has 2 aliphatic heterocycles. The first-order valence-corrected chi connectivity index (χ1v) is 6.79. The largest absolute Gasteiger partial charge is 0.379 e. The van der Waals surface area contributed by atoms with Crippen molar-refractivity contribution in [1.29, 1.82) is 5.26 Å². The molecule has 1 aromatic heterocycles. The third-order valence-electron chi connectivity index (χ3n) is 3.99. The Labute approximate surface area is 113 Å². The number of nitrogens with zero attached hydrogens (tertiary/aromatic N) is 4. The van der Waals surface area contributed by atoms with Crippen LogP contribution in [0.15, 0.2) is 18.5 Å². The summed E-state index contributed by atoms with van der Waals surface area (Å²) in [5.41, 5.74) is 1.69. The maximum atomic E-state index is 9.16. The Morgan fingerprint density at radius 1 is 1.32 bits per heavy atom. The molecule has 3 rings (SSSR count). The zero-order valence-electron chi connectivity index (χ0n) is 11.0. The van der Waals surface area contributed by atoms with Crippen molar-refractivity contribution in [3.8, 4) is 6.07 Å². The van der Waals surface area contributed by atoms with Crippen molar-refractivity contribution in [3.05, 3.63) is 24.0 Å². The van der Waals surface area contributed by atoms with E-state index in [1.54, 1.807) is 18.5 Å². The second-order valence-corrected chi connectivity index (χ2v) is 5.04. The van der Waals surface area contributed by atoms with Crippen LogP contribution >= 0.6 is 0 Å². The molecule has 2 aliphatic rings. The van der Waals surface area contributed by atoms with Gasteiger partial charge in [-0.3, -0.25) is 9.88 Å². The quantitative estimate of drug-likeness (QED) is 0.787. The fourth-order valence-electron chi connectivity index (χ4n) is 2.93. The molecule has 100 valence electrons. The van der Waals surface area contributed by atoms with Crippen molar-refractivity contribution in [1.82, 2.24) is 9.88 Å². The molecule has 19 heavy (non-hydrogen) atoms. The first kappa shape index (κ1) is 12.4. The summed E-state index contributed by atoms with van der Waals surface area (Å²) in [6, 6.07) is 4.62. The predicted molar refractivity (Wildman–Crippen MR) is 72.0 cm³/mol. The lowest BCUT2D eigenvalue weighted by molar-refractivity contribution is 0.0209. The van der Waals surface area contributed by atoms with Crippen LogP contribution in [0.5, 0.6) is 0 Å². The van der Waals surface area contributed by atoms with Crippen LogP contribution in [-0.2, 0) is 4.74 Å². The summed E-state index contributed by atoms with van der Waals surface area (Å²) >= 11 is 0. The van der Waals surface area contributed by atoms with Gasteiger partial charge in [0.15, 0.2) is 0 Å². The smallest absolute Gasteiger partial charge is 0.101 e. The number of morpholine rings is 1. The van der Waals surface area contributed by atoms with Gasteiger partial charge in [0.2, 0.25) is 0 Å². The molecule has 0 N–H and O–H groups in total. The molecular formula is C14H18N4O. The minimum absolute atomic E-state index is 0.579. The van der Waals surface area contributed by atoms with Gasteiger partial charge in [0.25, 0.3) is 0 Å². The van der Waals surface area contributed by atoms with Crippen LogP contribution in [0.4, 0.5) is 5.69 Å². The van der Waals surface area contributed by atoms with Crippen molar-refractivity contribution < 1.29 is 4.74 Å². The molecule has 0 radical (unpaired) electrons. The number of nitriles is 1. The van der Waals surface area contributed by atoms with Gasteiger partial charge in [-0.25, -0.2) is 0 Å². The SMILES string of the molecule is N#Cc1ccncc1N1CC[C@H](N2CCOCC2)C1. The van der Waals surface area contributed by atoms with Crippen molar-refractivity contribution in [3.63, 3.8) is 0 Å². The Balaban J connectivity index is 1.70. The van der Waals surface area contributed by atoms with Gasteiger partial charge in [-0.15, -0.1) is 0 Å². The van der Waals surface area contributed by atoms with Gasteiger partial charge in [-0.2, -0.15) is 5.26 Å². The first-order valence-electron chi connectivity index (χ1n) is 6.79. The standard InChI is InChI=1S/C14H18N4O/c15-9-12-1-3-16-10-14(12)18-4-2-13(11-18)17-5-7-19-8-6-17/h1,3,10,13H,2,4-8,11H2/t13-/m0/s1. The summed E-state index contributed by atoms with van der Waals surface area (Å²) in [6.45, 7) is 5.72. The minimum Gasteiger partial charge on any atom is -0.379 e. The molecule has 0 aliphatic carbocycles. The summed E-state index contributed by atoms with van der Waals surface area (Å²) < 4.78 is 5.40. The molecule has 0 amide bonds. The van der Waals surface area contributed by atoms with Crippen LogP contribution in [0.2, 0.25) is 0 Å². The van der Waals surface area contributed by atoms with E-state index in [9.17, 15) is 0 Å². The number of rotatable bonds is 2. The van der Waals surface area contributed by atoms with E-state index in [0.717, 1.165) is 57.1 Å². The third-order valence-corrected chi connectivity index (χ3v) is 3.99. The summed E-state index contributed by atoms with van der Waals surface area (Å²) in [7, 11) is 0. The number of hydrogen-bond acceptors (Lipinski definition) is 5. The van der Waals surface area contributed by atoms with E-state index >= 15 is 0 Å². The Morgan fingerprint density at radius 2 is 2.16 bits per heavy atom. The van der Waals surface area contributed by atoms with Gasteiger partial charge in [0.1, 0.15) is 6.07 Å². The highest BCUT2D eigenvalue weighted by molar-refractivity contribution is 5.58. The fraction of sp³-hybridized carbons (Fsp3) is 0.571. The molecule has 5 nitrogen and oxygen atoms in total. The molecule has 0 saturated carbocycles. The van der Waals surface area contributed by atoms with Crippen molar-refractivity contribution in [2.24, 2.45) is 0 Å². The van der Waals surface area contributed by atoms with Crippen LogP contribution in [0.1, 0.15) is 12.0 Å². The third kappa shape index (κ3) is 2.55. The summed E-state index contributed by atoms with van der Waals surface area (Å²) in [5, 5.41) is 9.16. The average molecular weight is 258 g/mol. The van der Waals surface area contributed by atoms with E-state index in [0.29, 0.717) is 6.04 Å². The van der Waals surface area contributed by atoms with Gasteiger partial charge >= 0.3 is 0 Å². The van der Waals surface area contributed by atoms with Crippen LogP contribution in [0.3, 0.4) is 0 Å². The van der Waals surface area contributed by atoms with E-state index in [1.807, 2.05) is 0 Å². The highest BCUT2D eigenvalue weighted by Crippen LogP contribution is 2.25. The molecule has 2 fully saturated rings. The number of pyridine rings is 1. The second kappa shape index (κ2) is 5.55. The van der Waals surface area contributed by atoms with Crippen LogP contribution in [-0.4, -0.2) is 55.3 Å². The van der Waals surface area contributed by atoms with E-state index < -0.39 is 0 Å². The lowest BCUT2D eigenvalue weighted by Gasteiger charge is -2.32. The normalized spacial score (nSPS) is 24.4. The van der Waals surface area contributed by atoms with Gasteiger partial charge in [0.05, 0.1) is 30.7 Å². The van der Waals surface area contributed by atoms with E-state index in [1.165, 1.54) is 0 Å². The van der Waals surface area contributed by atoms with Crippen LogP contribution in [0.25, 0.3) is 0 Å². The molecule has 0 spiro atoms. The monoisotopic (exact) mass is 258 g/mol. The summed E-state index contributed by atoms with van der Waals surface area (Å²) in [5.74, 6) is 0. The van der Waals surface area contributed by atoms with Crippen LogP contribution in [0, 0.1) is 11.3 Å². The molecule has 0 aromatic carbocycles. The van der Waals surface area contributed by atoms with Crippen molar-refractivity contribution in [2.45, 2.75) is 12.5 Å². The Bertz CT molecular complexity index is 479. The number of anilines is 1. The number of hydrogen-bond donors (Lipinski definition) is 0. The first-order chi connectivity index (χ1) is 9.38. The lowest BCUT2D eigenvalue weighted by atomic mass is 10.2. The molecule has 2 saturated heterocycles. The number of ether oxygens (including phenoxy) is 1. The maximum Gasteiger partial charge on any atom is 0.101 e. The van der Waals surface area contributed by atoms with Gasteiger partial charge in [-0.05, 0) is 12.5 Å². The van der Waals surface area contributed by atoms with Crippen molar-refractivity contribution in [2.75, 3.05) is 44.3 Å². The molecule has 5 heteroatoms. The van der Waals surface area contributed by atoms with E-state index in [4.69, 9.17) is 10.00 Å². The Morgan fingerprint density at radius 3 is 2.95 bits per heavy atom.